The molecule has 2 fully saturated rings. The first-order valence-electron chi connectivity index (χ1n) is 10.3. The Hall–Kier alpha value is -3.10. The first-order valence-corrected chi connectivity index (χ1v) is 10.3. The minimum absolute atomic E-state index is 0.357. The first-order chi connectivity index (χ1) is 14.7. The van der Waals surface area contributed by atoms with Gasteiger partial charge in [0.1, 0.15) is 11.4 Å². The van der Waals surface area contributed by atoms with Crippen molar-refractivity contribution in [3.63, 3.8) is 0 Å². The second-order valence-electron chi connectivity index (χ2n) is 7.87. The molecule has 2 saturated heterocycles. The summed E-state index contributed by atoms with van der Waals surface area (Å²) in [5.74, 6) is 1.18. The largest absolute Gasteiger partial charge is 0.497 e. The molecule has 154 valence electrons. The molecular formula is C22H23N5O3. The number of piperidine rings is 1. The predicted molar refractivity (Wildman–Crippen MR) is 114 cm³/mol. The maximum atomic E-state index is 5.85. The molecule has 8 heteroatoms. The smallest absolute Gasteiger partial charge is 0.171 e. The number of benzene rings is 2. The second-order valence-corrected chi connectivity index (χ2v) is 7.87. The summed E-state index contributed by atoms with van der Waals surface area (Å²) in [6, 6.07) is 12.2. The van der Waals surface area contributed by atoms with Crippen molar-refractivity contribution in [2.24, 2.45) is 0 Å². The summed E-state index contributed by atoms with van der Waals surface area (Å²) in [4.78, 5) is 10.6. The zero-order valence-electron chi connectivity index (χ0n) is 16.8. The maximum absolute atomic E-state index is 5.85. The third-order valence-electron chi connectivity index (χ3n) is 6.16. The lowest BCUT2D eigenvalue weighted by Gasteiger charge is -2.38. The monoisotopic (exact) mass is 405 g/mol. The van der Waals surface area contributed by atoms with E-state index in [0.717, 1.165) is 65.1 Å². The number of imidazole rings is 1. The van der Waals surface area contributed by atoms with Gasteiger partial charge in [0.05, 0.1) is 36.9 Å². The molecule has 0 saturated carbocycles. The number of aromatic nitrogens is 4. The molecule has 0 amide bonds. The van der Waals surface area contributed by atoms with Crippen LogP contribution in [0.1, 0.15) is 12.8 Å². The first kappa shape index (κ1) is 17.7. The Balaban J connectivity index is 1.31. The van der Waals surface area contributed by atoms with Crippen LogP contribution in [0.2, 0.25) is 0 Å². The standard InChI is InChI=1S/C22H23N5O3/c1-28-15-3-5-17-16(13-15)20(26-25-17)21-23-18-4-2-14(12-19(18)24-21)27-8-6-22(7-9-27)29-10-11-30-22/h2-5,12-13H,6-11H2,1H3,(H,23,24)(H,25,26). The van der Waals surface area contributed by atoms with Gasteiger partial charge >= 0.3 is 0 Å². The van der Waals surface area contributed by atoms with Crippen molar-refractivity contribution in [3.05, 3.63) is 36.4 Å². The number of aromatic amines is 2. The summed E-state index contributed by atoms with van der Waals surface area (Å²) in [5.41, 5.74) is 4.83. The van der Waals surface area contributed by atoms with Crippen LogP contribution in [-0.2, 0) is 9.47 Å². The Bertz CT molecular complexity index is 1210. The molecule has 0 radical (unpaired) electrons. The van der Waals surface area contributed by atoms with E-state index in [2.05, 4.69) is 38.3 Å². The fourth-order valence-corrected chi connectivity index (χ4v) is 4.50. The highest BCUT2D eigenvalue weighted by Crippen LogP contribution is 2.34. The van der Waals surface area contributed by atoms with Crippen LogP contribution in [0.3, 0.4) is 0 Å². The summed E-state index contributed by atoms with van der Waals surface area (Å²) in [7, 11) is 1.66. The summed E-state index contributed by atoms with van der Waals surface area (Å²) >= 11 is 0. The quantitative estimate of drug-likeness (QED) is 0.543. The molecule has 4 heterocycles. The van der Waals surface area contributed by atoms with E-state index in [0.29, 0.717) is 13.2 Å². The third-order valence-corrected chi connectivity index (χ3v) is 6.16. The van der Waals surface area contributed by atoms with E-state index < -0.39 is 0 Å². The zero-order valence-corrected chi connectivity index (χ0v) is 16.8. The molecule has 30 heavy (non-hydrogen) atoms. The summed E-state index contributed by atoms with van der Waals surface area (Å²) in [5, 5.41) is 8.53. The third kappa shape index (κ3) is 2.83. The molecule has 0 aliphatic carbocycles. The zero-order chi connectivity index (χ0) is 20.1. The number of methoxy groups -OCH3 is 1. The SMILES string of the molecule is COc1ccc2[nH]nc(-c3nc4ccc(N5CCC6(CC5)OCCO6)cc4[nH]3)c2c1. The van der Waals surface area contributed by atoms with Crippen LogP contribution in [-0.4, -0.2) is 59.4 Å². The van der Waals surface area contributed by atoms with Crippen molar-refractivity contribution in [3.8, 4) is 17.3 Å². The van der Waals surface area contributed by atoms with E-state index in [1.807, 2.05) is 18.2 Å². The van der Waals surface area contributed by atoms with Gasteiger partial charge in [-0.3, -0.25) is 5.10 Å². The number of nitrogens with one attached hydrogen (secondary N) is 2. The molecular weight excluding hydrogens is 382 g/mol. The van der Waals surface area contributed by atoms with Gasteiger partial charge in [0.25, 0.3) is 0 Å². The number of H-pyrrole nitrogens is 2. The van der Waals surface area contributed by atoms with E-state index in [-0.39, 0.29) is 5.79 Å². The van der Waals surface area contributed by atoms with Crippen LogP contribution >= 0.6 is 0 Å². The average Bonchev–Trinajstić information content (AvgIpc) is 3.51. The molecule has 2 aromatic heterocycles. The molecule has 6 rings (SSSR count). The van der Waals surface area contributed by atoms with Gasteiger partial charge in [0.2, 0.25) is 0 Å². The van der Waals surface area contributed by atoms with Crippen LogP contribution in [0, 0.1) is 0 Å². The molecule has 0 bridgehead atoms. The fourth-order valence-electron chi connectivity index (χ4n) is 4.50. The van der Waals surface area contributed by atoms with Crippen LogP contribution in [0.5, 0.6) is 5.75 Å². The molecule has 4 aromatic rings. The highest BCUT2D eigenvalue weighted by Gasteiger charge is 2.39. The van der Waals surface area contributed by atoms with Crippen molar-refractivity contribution < 1.29 is 14.2 Å². The summed E-state index contributed by atoms with van der Waals surface area (Å²) < 4.78 is 17.1. The Morgan fingerprint density at radius 2 is 1.87 bits per heavy atom. The van der Waals surface area contributed by atoms with Gasteiger partial charge in [0.15, 0.2) is 11.6 Å². The van der Waals surface area contributed by atoms with E-state index >= 15 is 0 Å². The van der Waals surface area contributed by atoms with E-state index in [4.69, 9.17) is 19.2 Å². The Kier molecular flexibility index (Phi) is 3.97. The van der Waals surface area contributed by atoms with Gasteiger partial charge < -0.3 is 24.1 Å². The number of fused-ring (bicyclic) bond motifs is 2. The number of rotatable bonds is 3. The van der Waals surface area contributed by atoms with Gasteiger partial charge in [-0.2, -0.15) is 5.10 Å². The van der Waals surface area contributed by atoms with E-state index in [1.54, 1.807) is 7.11 Å². The molecule has 2 aliphatic heterocycles. The van der Waals surface area contributed by atoms with E-state index in [1.165, 1.54) is 5.69 Å². The summed E-state index contributed by atoms with van der Waals surface area (Å²) in [6.45, 7) is 3.24. The van der Waals surface area contributed by atoms with Gasteiger partial charge in [-0.05, 0) is 36.4 Å². The number of hydrogen-bond acceptors (Lipinski definition) is 6. The van der Waals surface area contributed by atoms with Crippen LogP contribution in [0.15, 0.2) is 36.4 Å². The molecule has 2 N–H and O–H groups in total. The number of anilines is 1. The van der Waals surface area contributed by atoms with Crippen molar-refractivity contribution >= 4 is 27.6 Å². The van der Waals surface area contributed by atoms with Crippen molar-refractivity contribution in [2.75, 3.05) is 38.3 Å². The number of hydrogen-bond donors (Lipinski definition) is 2. The lowest BCUT2D eigenvalue weighted by atomic mass is 10.0. The number of ether oxygens (including phenoxy) is 3. The topological polar surface area (TPSA) is 88.3 Å². The lowest BCUT2D eigenvalue weighted by molar-refractivity contribution is -0.169. The van der Waals surface area contributed by atoms with Crippen molar-refractivity contribution in [1.82, 2.24) is 20.2 Å². The second kappa shape index (κ2) is 6.72. The minimum atomic E-state index is -0.357. The van der Waals surface area contributed by atoms with Crippen LogP contribution in [0.25, 0.3) is 33.5 Å². The Morgan fingerprint density at radius 1 is 1.03 bits per heavy atom. The van der Waals surface area contributed by atoms with Gasteiger partial charge in [-0.25, -0.2) is 4.98 Å². The predicted octanol–water partition coefficient (Wildman–Crippen LogP) is 3.46. The van der Waals surface area contributed by atoms with Gasteiger partial charge in [-0.15, -0.1) is 0 Å². The van der Waals surface area contributed by atoms with Crippen LogP contribution in [0.4, 0.5) is 5.69 Å². The summed E-state index contributed by atoms with van der Waals surface area (Å²) in [6.07, 6.45) is 1.78. The molecule has 8 nitrogen and oxygen atoms in total. The van der Waals surface area contributed by atoms with Crippen molar-refractivity contribution in [2.45, 2.75) is 18.6 Å². The van der Waals surface area contributed by atoms with Crippen LogP contribution < -0.4 is 9.64 Å². The molecule has 1 spiro atoms. The Morgan fingerprint density at radius 3 is 2.67 bits per heavy atom. The Labute approximate surface area is 173 Å². The average molecular weight is 405 g/mol. The normalized spacial score (nSPS) is 18.6. The molecule has 0 unspecified atom stereocenters. The molecule has 2 aromatic carbocycles. The highest BCUT2D eigenvalue weighted by molar-refractivity contribution is 5.94. The maximum Gasteiger partial charge on any atom is 0.171 e. The lowest BCUT2D eigenvalue weighted by Crippen LogP contribution is -2.45. The highest BCUT2D eigenvalue weighted by atomic mass is 16.7. The minimum Gasteiger partial charge on any atom is -0.497 e. The van der Waals surface area contributed by atoms with Gasteiger partial charge in [-0.1, -0.05) is 0 Å². The van der Waals surface area contributed by atoms with Gasteiger partial charge in [0, 0.05) is 37.0 Å². The van der Waals surface area contributed by atoms with E-state index in [9.17, 15) is 0 Å². The van der Waals surface area contributed by atoms with Crippen molar-refractivity contribution in [1.29, 1.82) is 0 Å². The molecule has 2 aliphatic rings. The fraction of sp³-hybridized carbons (Fsp3) is 0.364. The molecule has 0 atom stereocenters. The number of nitrogens with zero attached hydrogens (tertiary/aromatic N) is 3.